The molecule has 1 saturated carbocycles. The fourth-order valence-corrected chi connectivity index (χ4v) is 4.83. The summed E-state index contributed by atoms with van der Waals surface area (Å²) in [6, 6.07) is 12.2. The molecule has 0 bridgehead atoms. The predicted octanol–water partition coefficient (Wildman–Crippen LogP) is 3.93. The number of aromatic nitrogens is 3. The molecule has 1 aliphatic carbocycles. The zero-order valence-corrected chi connectivity index (χ0v) is 18.4. The summed E-state index contributed by atoms with van der Waals surface area (Å²) < 4.78 is 2.87. The van der Waals surface area contributed by atoms with Gasteiger partial charge in [0.2, 0.25) is 0 Å². The summed E-state index contributed by atoms with van der Waals surface area (Å²) >= 11 is 5.26. The third kappa shape index (κ3) is 4.01. The van der Waals surface area contributed by atoms with E-state index < -0.39 is 0 Å². The summed E-state index contributed by atoms with van der Waals surface area (Å²) in [6.45, 7) is 4.22. The van der Waals surface area contributed by atoms with E-state index in [9.17, 15) is 4.79 Å². The third-order valence-corrected chi connectivity index (χ3v) is 6.95. The number of nitrogens with zero attached hydrogens (tertiary/aromatic N) is 5. The Bertz CT molecular complexity index is 989. The minimum Gasteiger partial charge on any atom is -0.335 e. The molecule has 2 aromatic heterocycles. The zero-order valence-electron chi connectivity index (χ0n) is 16.0. The highest BCUT2D eigenvalue weighted by atomic mass is 79.9. The number of piperazine rings is 1. The molecular formula is C21H22BrN5OS. The normalized spacial score (nSPS) is 17.6. The quantitative estimate of drug-likeness (QED) is 0.565. The SMILES string of the molecule is O=C(c1nnn(-c2ccc(Br)cc2)c1C1CC1)N1CCN(Cc2cccs2)CC1. The Morgan fingerprint density at radius 2 is 1.86 bits per heavy atom. The van der Waals surface area contributed by atoms with Crippen LogP contribution in [0.2, 0.25) is 0 Å². The third-order valence-electron chi connectivity index (χ3n) is 5.56. The molecule has 3 heterocycles. The molecule has 0 unspecified atom stereocenters. The first-order valence-electron chi connectivity index (χ1n) is 9.94. The van der Waals surface area contributed by atoms with Crippen LogP contribution in [0.25, 0.3) is 5.69 Å². The van der Waals surface area contributed by atoms with Gasteiger partial charge in [0.25, 0.3) is 5.91 Å². The van der Waals surface area contributed by atoms with Gasteiger partial charge in [-0.1, -0.05) is 27.2 Å². The van der Waals surface area contributed by atoms with Crippen LogP contribution in [-0.4, -0.2) is 56.9 Å². The maximum Gasteiger partial charge on any atom is 0.276 e. The van der Waals surface area contributed by atoms with E-state index in [0.717, 1.165) is 61.4 Å². The molecule has 1 amide bonds. The molecule has 150 valence electrons. The topological polar surface area (TPSA) is 54.3 Å². The van der Waals surface area contributed by atoms with Crippen molar-refractivity contribution in [2.75, 3.05) is 26.2 Å². The summed E-state index contributed by atoms with van der Waals surface area (Å²) in [5.41, 5.74) is 2.45. The van der Waals surface area contributed by atoms with Gasteiger partial charge in [-0.05, 0) is 48.6 Å². The van der Waals surface area contributed by atoms with Gasteiger partial charge in [-0.3, -0.25) is 9.69 Å². The van der Waals surface area contributed by atoms with Gasteiger partial charge >= 0.3 is 0 Å². The first-order valence-corrected chi connectivity index (χ1v) is 11.6. The summed E-state index contributed by atoms with van der Waals surface area (Å²) in [6.07, 6.45) is 2.19. The van der Waals surface area contributed by atoms with Crippen LogP contribution in [0.4, 0.5) is 0 Å². The molecule has 1 saturated heterocycles. The second-order valence-electron chi connectivity index (χ2n) is 7.63. The number of halogens is 1. The lowest BCUT2D eigenvalue weighted by atomic mass is 10.1. The van der Waals surface area contributed by atoms with Crippen LogP contribution in [-0.2, 0) is 6.54 Å². The molecule has 0 atom stereocenters. The molecule has 1 aromatic carbocycles. The molecule has 2 aliphatic rings. The molecule has 3 aromatic rings. The number of hydrogen-bond donors (Lipinski definition) is 0. The molecule has 8 heteroatoms. The smallest absolute Gasteiger partial charge is 0.276 e. The molecule has 0 spiro atoms. The van der Waals surface area contributed by atoms with Crippen LogP contribution < -0.4 is 0 Å². The molecule has 1 aliphatic heterocycles. The number of carbonyl (C=O) groups excluding carboxylic acids is 1. The average Bonchev–Trinajstić information content (AvgIpc) is 3.27. The number of carbonyl (C=O) groups is 1. The molecule has 5 rings (SSSR count). The number of thiophene rings is 1. The van der Waals surface area contributed by atoms with Gasteiger partial charge in [0.15, 0.2) is 5.69 Å². The van der Waals surface area contributed by atoms with Crippen molar-refractivity contribution < 1.29 is 4.79 Å². The van der Waals surface area contributed by atoms with E-state index in [1.54, 1.807) is 11.3 Å². The Morgan fingerprint density at radius 3 is 2.52 bits per heavy atom. The number of hydrogen-bond acceptors (Lipinski definition) is 5. The number of benzene rings is 1. The second kappa shape index (κ2) is 8.01. The van der Waals surface area contributed by atoms with Crippen molar-refractivity contribution in [3.8, 4) is 5.69 Å². The first kappa shape index (κ1) is 19.0. The summed E-state index contributed by atoms with van der Waals surface area (Å²) in [5, 5.41) is 10.8. The molecule has 29 heavy (non-hydrogen) atoms. The van der Waals surface area contributed by atoms with Crippen molar-refractivity contribution in [2.24, 2.45) is 0 Å². The predicted molar refractivity (Wildman–Crippen MR) is 117 cm³/mol. The van der Waals surface area contributed by atoms with Crippen molar-refractivity contribution in [2.45, 2.75) is 25.3 Å². The van der Waals surface area contributed by atoms with E-state index in [4.69, 9.17) is 0 Å². The standard InChI is InChI=1S/C21H22BrN5OS/c22-16-5-7-17(8-6-16)27-20(15-3-4-15)19(23-24-27)21(28)26-11-9-25(10-12-26)14-18-2-1-13-29-18/h1-2,5-8,13,15H,3-4,9-12,14H2. The average molecular weight is 472 g/mol. The molecule has 0 N–H and O–H groups in total. The maximum atomic E-state index is 13.3. The minimum absolute atomic E-state index is 0.0195. The number of amides is 1. The number of rotatable bonds is 5. The van der Waals surface area contributed by atoms with Crippen LogP contribution in [0.1, 0.15) is 39.8 Å². The molecule has 0 radical (unpaired) electrons. The van der Waals surface area contributed by atoms with Crippen molar-refractivity contribution in [1.29, 1.82) is 0 Å². The van der Waals surface area contributed by atoms with Crippen LogP contribution in [0.15, 0.2) is 46.3 Å². The van der Waals surface area contributed by atoms with Crippen LogP contribution >= 0.6 is 27.3 Å². The minimum atomic E-state index is 0.0195. The highest BCUT2D eigenvalue weighted by molar-refractivity contribution is 9.10. The fraction of sp³-hybridized carbons (Fsp3) is 0.381. The van der Waals surface area contributed by atoms with Crippen LogP contribution in [0.5, 0.6) is 0 Å². The highest BCUT2D eigenvalue weighted by Crippen LogP contribution is 2.42. The summed E-state index contributed by atoms with van der Waals surface area (Å²) in [4.78, 5) is 19.0. The summed E-state index contributed by atoms with van der Waals surface area (Å²) in [7, 11) is 0. The molecular weight excluding hydrogens is 450 g/mol. The van der Waals surface area contributed by atoms with Gasteiger partial charge in [0.05, 0.1) is 11.4 Å². The second-order valence-corrected chi connectivity index (χ2v) is 9.58. The monoisotopic (exact) mass is 471 g/mol. The Balaban J connectivity index is 1.32. The van der Waals surface area contributed by atoms with Gasteiger partial charge < -0.3 is 4.90 Å². The Labute approximate surface area is 182 Å². The van der Waals surface area contributed by atoms with E-state index in [2.05, 4.69) is 48.7 Å². The Hall–Kier alpha value is -2.03. The van der Waals surface area contributed by atoms with Gasteiger partial charge in [-0.25, -0.2) is 4.68 Å². The maximum absolute atomic E-state index is 13.3. The van der Waals surface area contributed by atoms with Crippen LogP contribution in [0.3, 0.4) is 0 Å². The van der Waals surface area contributed by atoms with Crippen molar-refractivity contribution in [3.63, 3.8) is 0 Å². The fourth-order valence-electron chi connectivity index (χ4n) is 3.82. The van der Waals surface area contributed by atoms with E-state index >= 15 is 0 Å². The van der Waals surface area contributed by atoms with Crippen molar-refractivity contribution in [1.82, 2.24) is 24.8 Å². The largest absolute Gasteiger partial charge is 0.335 e. The van der Waals surface area contributed by atoms with Crippen LogP contribution in [0, 0.1) is 0 Å². The Morgan fingerprint density at radius 1 is 1.10 bits per heavy atom. The zero-order chi connectivity index (χ0) is 19.8. The van der Waals surface area contributed by atoms with E-state index in [1.807, 2.05) is 33.8 Å². The molecule has 2 fully saturated rings. The van der Waals surface area contributed by atoms with Gasteiger partial charge in [-0.15, -0.1) is 16.4 Å². The van der Waals surface area contributed by atoms with Crippen molar-refractivity contribution in [3.05, 3.63) is 62.5 Å². The van der Waals surface area contributed by atoms with Gasteiger partial charge in [0, 0.05) is 48.0 Å². The Kier molecular flexibility index (Phi) is 5.24. The van der Waals surface area contributed by atoms with Gasteiger partial charge in [0.1, 0.15) is 0 Å². The van der Waals surface area contributed by atoms with E-state index in [0.29, 0.717) is 11.6 Å². The lowest BCUT2D eigenvalue weighted by molar-refractivity contribution is 0.0622. The first-order chi connectivity index (χ1) is 14.2. The lowest BCUT2D eigenvalue weighted by Crippen LogP contribution is -2.48. The summed E-state index contributed by atoms with van der Waals surface area (Å²) in [5.74, 6) is 0.402. The van der Waals surface area contributed by atoms with E-state index in [1.165, 1.54) is 4.88 Å². The van der Waals surface area contributed by atoms with Gasteiger partial charge in [-0.2, -0.15) is 0 Å². The molecule has 6 nitrogen and oxygen atoms in total. The highest BCUT2D eigenvalue weighted by Gasteiger charge is 2.36. The van der Waals surface area contributed by atoms with E-state index in [-0.39, 0.29) is 5.91 Å². The van der Waals surface area contributed by atoms with Crippen molar-refractivity contribution >= 4 is 33.2 Å². The lowest BCUT2D eigenvalue weighted by Gasteiger charge is -2.34.